The van der Waals surface area contributed by atoms with Crippen LogP contribution in [-0.4, -0.2) is 8.80 Å². The topological polar surface area (TPSA) is 0 Å². The molecule has 0 atom stereocenters. The molecule has 0 spiro atoms. The zero-order valence-electron chi connectivity index (χ0n) is 13.5. The highest BCUT2D eigenvalue weighted by Crippen LogP contribution is 2.08. The highest BCUT2D eigenvalue weighted by molar-refractivity contribution is 6.96. The van der Waals surface area contributed by atoms with Gasteiger partial charge in [0.1, 0.15) is 8.80 Å². The molecule has 1 heteroatoms. The van der Waals surface area contributed by atoms with Crippen LogP contribution in [0.1, 0.15) is 16.7 Å². The quantitative estimate of drug-likeness (QED) is 0.515. The SMILES string of the molecule is Cc1cc(C)c([SiH](c2ccccc2)c2ccccc2)c(C)c1. The van der Waals surface area contributed by atoms with Crippen LogP contribution >= 0.6 is 0 Å². The molecule has 0 aliphatic carbocycles. The highest BCUT2D eigenvalue weighted by Gasteiger charge is 2.22. The zero-order chi connectivity index (χ0) is 15.5. The first-order valence-electron chi connectivity index (χ1n) is 7.84. The van der Waals surface area contributed by atoms with Crippen molar-refractivity contribution in [2.45, 2.75) is 20.8 Å². The van der Waals surface area contributed by atoms with E-state index in [2.05, 4.69) is 93.6 Å². The fourth-order valence-electron chi connectivity index (χ4n) is 3.46. The zero-order valence-corrected chi connectivity index (χ0v) is 14.7. The van der Waals surface area contributed by atoms with Gasteiger partial charge in [0.2, 0.25) is 0 Å². The number of hydrogen-bond acceptors (Lipinski definition) is 0. The smallest absolute Gasteiger partial charge is 0.0625 e. The van der Waals surface area contributed by atoms with E-state index < -0.39 is 8.80 Å². The third kappa shape index (κ3) is 2.90. The Kier molecular flexibility index (Phi) is 4.26. The number of rotatable bonds is 3. The molecule has 0 bridgehead atoms. The van der Waals surface area contributed by atoms with E-state index in [0.717, 1.165) is 0 Å². The predicted molar refractivity (Wildman–Crippen MR) is 99.6 cm³/mol. The Morgan fingerprint density at radius 2 is 1.00 bits per heavy atom. The van der Waals surface area contributed by atoms with Crippen LogP contribution in [0.25, 0.3) is 0 Å². The van der Waals surface area contributed by atoms with Crippen LogP contribution in [0.5, 0.6) is 0 Å². The van der Waals surface area contributed by atoms with Crippen molar-refractivity contribution in [3.63, 3.8) is 0 Å². The molecule has 0 radical (unpaired) electrons. The van der Waals surface area contributed by atoms with Crippen molar-refractivity contribution in [3.05, 3.63) is 89.5 Å². The van der Waals surface area contributed by atoms with E-state index in [-0.39, 0.29) is 0 Å². The molecule has 0 saturated carbocycles. The lowest BCUT2D eigenvalue weighted by Gasteiger charge is -2.22. The number of benzene rings is 3. The molecule has 0 heterocycles. The molecule has 0 nitrogen and oxygen atoms in total. The summed E-state index contributed by atoms with van der Waals surface area (Å²) in [5.74, 6) is 0. The minimum absolute atomic E-state index is 1.35. The summed E-state index contributed by atoms with van der Waals surface area (Å²) in [6.07, 6.45) is 0. The van der Waals surface area contributed by atoms with Crippen molar-refractivity contribution in [2.75, 3.05) is 0 Å². The summed E-state index contributed by atoms with van der Waals surface area (Å²) in [5.41, 5.74) is 4.22. The molecule has 0 fully saturated rings. The van der Waals surface area contributed by atoms with E-state index in [4.69, 9.17) is 0 Å². The summed E-state index contributed by atoms with van der Waals surface area (Å²) in [7, 11) is -1.41. The van der Waals surface area contributed by atoms with E-state index in [1.807, 2.05) is 0 Å². The second-order valence-corrected chi connectivity index (χ2v) is 8.84. The predicted octanol–water partition coefficient (Wildman–Crippen LogP) is 2.86. The first-order valence-corrected chi connectivity index (χ1v) is 9.57. The minimum Gasteiger partial charge on any atom is -0.0625 e. The summed E-state index contributed by atoms with van der Waals surface area (Å²) in [6, 6.07) is 26.7. The highest BCUT2D eigenvalue weighted by atomic mass is 28.3. The fraction of sp³-hybridized carbons (Fsp3) is 0.143. The first-order chi connectivity index (χ1) is 10.7. The molecule has 3 aromatic rings. The normalized spacial score (nSPS) is 10.9. The number of aryl methyl sites for hydroxylation is 3. The first kappa shape index (κ1) is 14.8. The monoisotopic (exact) mass is 302 g/mol. The average molecular weight is 302 g/mol. The van der Waals surface area contributed by atoms with Crippen molar-refractivity contribution in [1.82, 2.24) is 0 Å². The van der Waals surface area contributed by atoms with Crippen molar-refractivity contribution in [2.24, 2.45) is 0 Å². The van der Waals surface area contributed by atoms with Crippen LogP contribution in [0.2, 0.25) is 0 Å². The Labute approximate surface area is 135 Å². The van der Waals surface area contributed by atoms with Gasteiger partial charge in [-0.1, -0.05) is 99.9 Å². The van der Waals surface area contributed by atoms with E-state index in [9.17, 15) is 0 Å². The third-order valence-corrected chi connectivity index (χ3v) is 7.88. The Morgan fingerprint density at radius 3 is 1.41 bits per heavy atom. The lowest BCUT2D eigenvalue weighted by molar-refractivity contribution is 1.35. The fourth-order valence-corrected chi connectivity index (χ4v) is 6.81. The Bertz CT molecular complexity index is 698. The van der Waals surface area contributed by atoms with Gasteiger partial charge in [0.15, 0.2) is 0 Å². The number of hydrogen-bond donors (Lipinski definition) is 0. The summed E-state index contributed by atoms with van der Waals surface area (Å²) in [4.78, 5) is 0. The summed E-state index contributed by atoms with van der Waals surface area (Å²) < 4.78 is 0. The molecule has 0 unspecified atom stereocenters. The molecule has 0 aromatic heterocycles. The van der Waals surface area contributed by atoms with E-state index in [1.165, 1.54) is 27.1 Å². The van der Waals surface area contributed by atoms with Gasteiger partial charge in [-0.05, 0) is 26.0 Å². The molecule has 110 valence electrons. The second-order valence-electron chi connectivity index (χ2n) is 6.07. The summed E-state index contributed by atoms with van der Waals surface area (Å²) >= 11 is 0. The van der Waals surface area contributed by atoms with Crippen LogP contribution < -0.4 is 15.6 Å². The standard InChI is InChI=1S/C21H22Si/c1-16-14-17(2)21(18(3)15-16)22(19-10-6-4-7-11-19)20-12-8-5-9-13-20/h4-15,22H,1-3H3. The van der Waals surface area contributed by atoms with Gasteiger partial charge in [-0.2, -0.15) is 0 Å². The molecule has 22 heavy (non-hydrogen) atoms. The maximum absolute atomic E-state index is 2.33. The van der Waals surface area contributed by atoms with Gasteiger partial charge < -0.3 is 0 Å². The largest absolute Gasteiger partial charge is 0.133 e. The maximum Gasteiger partial charge on any atom is 0.133 e. The summed E-state index contributed by atoms with van der Waals surface area (Å²) in [5, 5.41) is 4.55. The summed E-state index contributed by atoms with van der Waals surface area (Å²) in [6.45, 7) is 6.72. The molecule has 3 aromatic carbocycles. The second kappa shape index (κ2) is 6.33. The van der Waals surface area contributed by atoms with Crippen LogP contribution in [0.4, 0.5) is 0 Å². The lowest BCUT2D eigenvalue weighted by Crippen LogP contribution is -2.53. The maximum atomic E-state index is 2.33. The van der Waals surface area contributed by atoms with Gasteiger partial charge in [-0.3, -0.25) is 0 Å². The Morgan fingerprint density at radius 1 is 0.591 bits per heavy atom. The van der Waals surface area contributed by atoms with Crippen LogP contribution in [0.15, 0.2) is 72.8 Å². The molecular weight excluding hydrogens is 280 g/mol. The van der Waals surface area contributed by atoms with Crippen molar-refractivity contribution < 1.29 is 0 Å². The van der Waals surface area contributed by atoms with Crippen LogP contribution in [-0.2, 0) is 0 Å². The molecule has 0 N–H and O–H groups in total. The van der Waals surface area contributed by atoms with Gasteiger partial charge in [0.05, 0.1) is 0 Å². The molecule has 0 saturated heterocycles. The third-order valence-electron chi connectivity index (χ3n) is 4.29. The van der Waals surface area contributed by atoms with Crippen LogP contribution in [0, 0.1) is 20.8 Å². The molecule has 0 amide bonds. The lowest BCUT2D eigenvalue weighted by atomic mass is 10.1. The van der Waals surface area contributed by atoms with Gasteiger partial charge in [0.25, 0.3) is 0 Å². The van der Waals surface area contributed by atoms with E-state index in [1.54, 1.807) is 5.19 Å². The van der Waals surface area contributed by atoms with Gasteiger partial charge in [0, 0.05) is 0 Å². The van der Waals surface area contributed by atoms with Crippen molar-refractivity contribution in [3.8, 4) is 0 Å². The van der Waals surface area contributed by atoms with Gasteiger partial charge >= 0.3 is 0 Å². The van der Waals surface area contributed by atoms with E-state index >= 15 is 0 Å². The Hall–Kier alpha value is -2.12. The van der Waals surface area contributed by atoms with Crippen molar-refractivity contribution >= 4 is 24.4 Å². The van der Waals surface area contributed by atoms with Gasteiger partial charge in [-0.15, -0.1) is 0 Å². The average Bonchev–Trinajstić information content (AvgIpc) is 2.52. The van der Waals surface area contributed by atoms with Crippen LogP contribution in [0.3, 0.4) is 0 Å². The molecular formula is C21H22Si. The molecule has 0 aliphatic heterocycles. The minimum atomic E-state index is -1.41. The molecule has 0 aliphatic rings. The van der Waals surface area contributed by atoms with Gasteiger partial charge in [-0.25, -0.2) is 0 Å². The Balaban J connectivity index is 2.24. The van der Waals surface area contributed by atoms with E-state index in [0.29, 0.717) is 0 Å². The van der Waals surface area contributed by atoms with Crippen molar-refractivity contribution in [1.29, 1.82) is 0 Å². The molecule has 3 rings (SSSR count).